The molecular formula is C22H27N5O2S. The van der Waals surface area contributed by atoms with Gasteiger partial charge in [0, 0.05) is 11.9 Å². The molecule has 158 valence electrons. The first-order valence-electron chi connectivity index (χ1n) is 10.3. The summed E-state index contributed by atoms with van der Waals surface area (Å²) in [6.45, 7) is 4.34. The number of aromatic nitrogens is 4. The van der Waals surface area contributed by atoms with E-state index in [1.54, 1.807) is 19.4 Å². The van der Waals surface area contributed by atoms with Crippen molar-refractivity contribution in [2.24, 2.45) is 0 Å². The lowest BCUT2D eigenvalue weighted by Crippen LogP contribution is -2.33. The molecule has 0 spiro atoms. The molecule has 1 aromatic carbocycles. The number of likely N-dealkylation sites (tertiary alicyclic amines) is 1. The number of hydrogen-bond acceptors (Lipinski definition) is 6. The van der Waals surface area contributed by atoms with Gasteiger partial charge in [-0.2, -0.15) is 0 Å². The van der Waals surface area contributed by atoms with Crippen LogP contribution in [0.5, 0.6) is 5.75 Å². The molecule has 3 heterocycles. The number of piperidine rings is 1. The number of hydrogen-bond donors (Lipinski definition) is 1. The molecule has 1 N–H and O–H groups in total. The number of methoxy groups -OCH3 is 1. The van der Waals surface area contributed by atoms with Crippen molar-refractivity contribution in [3.05, 3.63) is 54.1 Å². The van der Waals surface area contributed by atoms with E-state index in [1.807, 2.05) is 30.3 Å². The van der Waals surface area contributed by atoms with Crippen LogP contribution < -0.4 is 4.74 Å². The fourth-order valence-corrected chi connectivity index (χ4v) is 4.64. The van der Waals surface area contributed by atoms with Crippen LogP contribution in [0.4, 0.5) is 0 Å². The molecule has 8 heteroatoms. The Morgan fingerprint density at radius 2 is 1.93 bits per heavy atom. The van der Waals surface area contributed by atoms with Crippen molar-refractivity contribution in [2.75, 3.05) is 26.0 Å². The molecule has 1 fully saturated rings. The van der Waals surface area contributed by atoms with Crippen molar-refractivity contribution < 1.29 is 9.53 Å². The maximum Gasteiger partial charge on any atom is 0.196 e. The van der Waals surface area contributed by atoms with Gasteiger partial charge in [-0.25, -0.2) is 0 Å². The molecule has 3 aromatic rings. The number of carbonyl (C=O) groups excluding carboxylic acids is 1. The van der Waals surface area contributed by atoms with Crippen LogP contribution in [0.2, 0.25) is 0 Å². The summed E-state index contributed by atoms with van der Waals surface area (Å²) in [6.07, 6.45) is 5.48. The smallest absolute Gasteiger partial charge is 0.196 e. The largest absolute Gasteiger partial charge is 0.497 e. The summed E-state index contributed by atoms with van der Waals surface area (Å²) in [5.41, 5.74) is 1.58. The predicted octanol–water partition coefficient (Wildman–Crippen LogP) is 4.13. The molecule has 4 rings (SSSR count). The number of rotatable bonds is 8. The van der Waals surface area contributed by atoms with Crippen molar-refractivity contribution in [1.29, 1.82) is 0 Å². The molecule has 1 atom stereocenters. The normalized spacial score (nSPS) is 15.8. The Balaban J connectivity index is 1.63. The quantitative estimate of drug-likeness (QED) is 0.432. The van der Waals surface area contributed by atoms with E-state index >= 15 is 0 Å². The lowest BCUT2D eigenvalue weighted by molar-refractivity contribution is 0.101. The highest BCUT2D eigenvalue weighted by Gasteiger charge is 2.26. The van der Waals surface area contributed by atoms with E-state index in [0.29, 0.717) is 11.4 Å². The zero-order chi connectivity index (χ0) is 20.9. The number of H-pyrrole nitrogens is 1. The Morgan fingerprint density at radius 3 is 2.60 bits per heavy atom. The van der Waals surface area contributed by atoms with Crippen LogP contribution in [-0.4, -0.2) is 56.4 Å². The van der Waals surface area contributed by atoms with Gasteiger partial charge in [0.25, 0.3) is 0 Å². The van der Waals surface area contributed by atoms with Gasteiger partial charge in [-0.3, -0.25) is 14.3 Å². The minimum Gasteiger partial charge on any atom is -0.497 e. The average molecular weight is 426 g/mol. The van der Waals surface area contributed by atoms with E-state index in [4.69, 9.17) is 4.74 Å². The van der Waals surface area contributed by atoms with Crippen LogP contribution in [0.3, 0.4) is 0 Å². The van der Waals surface area contributed by atoms with Crippen molar-refractivity contribution in [1.82, 2.24) is 24.6 Å². The highest BCUT2D eigenvalue weighted by atomic mass is 32.2. The standard InChI is InChI=1S/C22H27N5O2S/c1-16(26-13-4-3-5-14-26)21-24-25-22(30-15-20(28)19-7-6-12-23-19)27(21)17-8-10-18(29-2)11-9-17/h6-12,16,23H,3-5,13-15H2,1-2H3/t16-/m0/s1. The molecule has 0 bridgehead atoms. The molecule has 1 aliphatic heterocycles. The topological polar surface area (TPSA) is 76.0 Å². The van der Waals surface area contributed by atoms with Crippen LogP contribution in [0.1, 0.15) is 48.5 Å². The van der Waals surface area contributed by atoms with Crippen molar-refractivity contribution in [2.45, 2.75) is 37.4 Å². The predicted molar refractivity (Wildman–Crippen MR) is 118 cm³/mol. The fourth-order valence-electron chi connectivity index (χ4n) is 3.80. The number of nitrogens with zero attached hydrogens (tertiary/aromatic N) is 4. The summed E-state index contributed by atoms with van der Waals surface area (Å²) in [5.74, 6) is 2.04. The highest BCUT2D eigenvalue weighted by molar-refractivity contribution is 7.99. The summed E-state index contributed by atoms with van der Waals surface area (Å²) < 4.78 is 7.38. The monoisotopic (exact) mass is 425 g/mol. The van der Waals surface area contributed by atoms with E-state index in [-0.39, 0.29) is 11.8 Å². The maximum atomic E-state index is 12.5. The number of benzene rings is 1. The fraction of sp³-hybridized carbons (Fsp3) is 0.409. The minimum absolute atomic E-state index is 0.0416. The average Bonchev–Trinajstić information content (AvgIpc) is 3.48. The summed E-state index contributed by atoms with van der Waals surface area (Å²) in [5, 5.41) is 9.73. The van der Waals surface area contributed by atoms with Crippen LogP contribution in [-0.2, 0) is 0 Å². The molecule has 7 nitrogen and oxygen atoms in total. The van der Waals surface area contributed by atoms with Crippen LogP contribution >= 0.6 is 11.8 Å². The van der Waals surface area contributed by atoms with E-state index < -0.39 is 0 Å². The van der Waals surface area contributed by atoms with Crippen LogP contribution in [0, 0.1) is 0 Å². The lowest BCUT2D eigenvalue weighted by atomic mass is 10.1. The molecule has 0 unspecified atom stereocenters. The number of aromatic amines is 1. The summed E-state index contributed by atoms with van der Waals surface area (Å²) in [6, 6.07) is 11.6. The first-order chi connectivity index (χ1) is 14.7. The second-order valence-corrected chi connectivity index (χ2v) is 8.38. The van der Waals surface area contributed by atoms with Crippen LogP contribution in [0.25, 0.3) is 5.69 Å². The summed E-state index contributed by atoms with van der Waals surface area (Å²) in [7, 11) is 1.66. The Labute approximate surface area is 180 Å². The van der Waals surface area contributed by atoms with E-state index in [1.165, 1.54) is 31.0 Å². The molecule has 0 radical (unpaired) electrons. The van der Waals surface area contributed by atoms with Gasteiger partial charge in [-0.1, -0.05) is 18.2 Å². The summed E-state index contributed by atoms with van der Waals surface area (Å²) in [4.78, 5) is 17.9. The first-order valence-corrected chi connectivity index (χ1v) is 11.3. The van der Waals surface area contributed by atoms with Gasteiger partial charge in [0.05, 0.1) is 24.6 Å². The Bertz CT molecular complexity index is 962. The van der Waals surface area contributed by atoms with Gasteiger partial charge in [-0.15, -0.1) is 10.2 Å². The number of Topliss-reactive ketones (excluding diaryl/α,β-unsaturated/α-hetero) is 1. The molecule has 1 saturated heterocycles. The third-order valence-electron chi connectivity index (χ3n) is 5.53. The number of carbonyl (C=O) groups is 1. The Hall–Kier alpha value is -2.58. The second kappa shape index (κ2) is 9.49. The molecule has 1 aliphatic rings. The van der Waals surface area contributed by atoms with Crippen molar-refractivity contribution in [3.8, 4) is 11.4 Å². The van der Waals surface area contributed by atoms with Gasteiger partial charge >= 0.3 is 0 Å². The van der Waals surface area contributed by atoms with Gasteiger partial charge in [0.15, 0.2) is 16.8 Å². The summed E-state index contributed by atoms with van der Waals surface area (Å²) >= 11 is 1.41. The molecule has 0 amide bonds. The molecule has 2 aromatic heterocycles. The van der Waals surface area contributed by atoms with Gasteiger partial charge in [-0.05, 0) is 69.3 Å². The van der Waals surface area contributed by atoms with Gasteiger partial charge in [0.2, 0.25) is 0 Å². The zero-order valence-electron chi connectivity index (χ0n) is 17.4. The Morgan fingerprint density at radius 1 is 1.17 bits per heavy atom. The number of ether oxygens (including phenoxy) is 1. The highest BCUT2D eigenvalue weighted by Crippen LogP contribution is 2.30. The third-order valence-corrected chi connectivity index (χ3v) is 6.46. The minimum atomic E-state index is 0.0416. The molecule has 30 heavy (non-hydrogen) atoms. The molecule has 0 saturated carbocycles. The number of thioether (sulfide) groups is 1. The zero-order valence-corrected chi connectivity index (χ0v) is 18.2. The van der Waals surface area contributed by atoms with Crippen molar-refractivity contribution >= 4 is 17.5 Å². The van der Waals surface area contributed by atoms with Crippen molar-refractivity contribution in [3.63, 3.8) is 0 Å². The molecular weight excluding hydrogens is 398 g/mol. The van der Waals surface area contributed by atoms with Crippen LogP contribution in [0.15, 0.2) is 47.8 Å². The lowest BCUT2D eigenvalue weighted by Gasteiger charge is -2.31. The second-order valence-electron chi connectivity index (χ2n) is 7.44. The molecule has 0 aliphatic carbocycles. The van der Waals surface area contributed by atoms with Gasteiger partial charge < -0.3 is 9.72 Å². The maximum absolute atomic E-state index is 12.5. The third kappa shape index (κ3) is 4.44. The Kier molecular flexibility index (Phi) is 6.54. The first kappa shape index (κ1) is 20.7. The number of ketones is 1. The SMILES string of the molecule is COc1ccc(-n2c(SCC(=O)c3ccc[nH]3)nnc2[C@H](C)N2CCCCC2)cc1. The van der Waals surface area contributed by atoms with E-state index in [9.17, 15) is 4.79 Å². The van der Waals surface area contributed by atoms with Gasteiger partial charge in [0.1, 0.15) is 5.75 Å². The van der Waals surface area contributed by atoms with E-state index in [2.05, 4.69) is 31.6 Å². The number of nitrogens with one attached hydrogen (secondary N) is 1. The van der Waals surface area contributed by atoms with E-state index in [0.717, 1.165) is 35.5 Å².